The molecule has 0 unspecified atom stereocenters. The molecule has 0 aliphatic heterocycles. The second-order valence-electron chi connectivity index (χ2n) is 3.13. The molecule has 0 saturated carbocycles. The standard InChI is InChI=1S/C11H15N/c1-9(2)12(4)11-7-5-10(3)6-8-11/h5-8H,1H2,2-4H3. The van der Waals surface area contributed by atoms with Gasteiger partial charge < -0.3 is 4.90 Å². The van der Waals surface area contributed by atoms with Gasteiger partial charge in [0.2, 0.25) is 0 Å². The second kappa shape index (κ2) is 3.44. The average Bonchev–Trinajstić information content (AvgIpc) is 2.04. The highest BCUT2D eigenvalue weighted by Gasteiger charge is 1.98. The summed E-state index contributed by atoms with van der Waals surface area (Å²) in [7, 11) is 2.02. The minimum atomic E-state index is 1.05. The number of hydrogen-bond donors (Lipinski definition) is 0. The van der Waals surface area contributed by atoms with Crippen LogP contribution in [0.5, 0.6) is 0 Å². The van der Waals surface area contributed by atoms with Crippen molar-refractivity contribution in [1.29, 1.82) is 0 Å². The highest BCUT2D eigenvalue weighted by molar-refractivity contribution is 5.50. The van der Waals surface area contributed by atoms with Gasteiger partial charge in [0, 0.05) is 18.4 Å². The van der Waals surface area contributed by atoms with E-state index in [1.165, 1.54) is 11.3 Å². The van der Waals surface area contributed by atoms with E-state index >= 15 is 0 Å². The van der Waals surface area contributed by atoms with Gasteiger partial charge in [0.25, 0.3) is 0 Å². The van der Waals surface area contributed by atoms with Crippen LogP contribution < -0.4 is 4.90 Å². The van der Waals surface area contributed by atoms with Crippen molar-refractivity contribution in [2.45, 2.75) is 13.8 Å². The van der Waals surface area contributed by atoms with Gasteiger partial charge in [0.1, 0.15) is 0 Å². The molecular weight excluding hydrogens is 146 g/mol. The van der Waals surface area contributed by atoms with E-state index < -0.39 is 0 Å². The Morgan fingerprint density at radius 2 is 1.75 bits per heavy atom. The molecule has 12 heavy (non-hydrogen) atoms. The van der Waals surface area contributed by atoms with Crippen molar-refractivity contribution in [2.24, 2.45) is 0 Å². The summed E-state index contributed by atoms with van der Waals surface area (Å²) in [4.78, 5) is 2.07. The molecule has 0 aliphatic rings. The molecule has 0 saturated heterocycles. The number of rotatable bonds is 2. The maximum Gasteiger partial charge on any atom is 0.0405 e. The van der Waals surface area contributed by atoms with Crippen LogP contribution in [0, 0.1) is 6.92 Å². The zero-order chi connectivity index (χ0) is 9.14. The van der Waals surface area contributed by atoms with Gasteiger partial charge in [-0.15, -0.1) is 0 Å². The van der Waals surface area contributed by atoms with Crippen LogP contribution in [0.1, 0.15) is 12.5 Å². The Bertz CT molecular complexity index is 272. The van der Waals surface area contributed by atoms with E-state index in [9.17, 15) is 0 Å². The quantitative estimate of drug-likeness (QED) is 0.644. The SMILES string of the molecule is C=C(C)N(C)c1ccc(C)cc1. The zero-order valence-corrected chi connectivity index (χ0v) is 7.96. The first-order valence-electron chi connectivity index (χ1n) is 4.07. The Hall–Kier alpha value is -1.24. The molecule has 0 atom stereocenters. The Morgan fingerprint density at radius 1 is 1.25 bits per heavy atom. The summed E-state index contributed by atoms with van der Waals surface area (Å²) >= 11 is 0. The molecule has 0 heterocycles. The highest BCUT2D eigenvalue weighted by Crippen LogP contribution is 2.16. The van der Waals surface area contributed by atoms with E-state index in [1.807, 2.05) is 14.0 Å². The van der Waals surface area contributed by atoms with Crippen molar-refractivity contribution in [1.82, 2.24) is 0 Å². The molecule has 0 radical (unpaired) electrons. The molecule has 0 aromatic heterocycles. The summed E-state index contributed by atoms with van der Waals surface area (Å²) in [5, 5.41) is 0. The van der Waals surface area contributed by atoms with Crippen LogP contribution in [0.25, 0.3) is 0 Å². The summed E-state index contributed by atoms with van der Waals surface area (Å²) in [6.45, 7) is 7.97. The van der Waals surface area contributed by atoms with Crippen molar-refractivity contribution in [3.63, 3.8) is 0 Å². The predicted molar refractivity (Wildman–Crippen MR) is 54.4 cm³/mol. The van der Waals surface area contributed by atoms with E-state index in [0.717, 1.165) is 5.70 Å². The molecular formula is C11H15N. The van der Waals surface area contributed by atoms with Crippen molar-refractivity contribution < 1.29 is 0 Å². The first kappa shape index (κ1) is 8.85. The molecule has 0 N–H and O–H groups in total. The monoisotopic (exact) mass is 161 g/mol. The Labute approximate surface area is 74.3 Å². The second-order valence-corrected chi connectivity index (χ2v) is 3.13. The number of allylic oxidation sites excluding steroid dienone is 1. The topological polar surface area (TPSA) is 3.24 Å². The summed E-state index contributed by atoms with van der Waals surface area (Å²) in [6.07, 6.45) is 0. The van der Waals surface area contributed by atoms with Gasteiger partial charge in [0.15, 0.2) is 0 Å². The minimum Gasteiger partial charge on any atom is -0.349 e. The van der Waals surface area contributed by atoms with Crippen LogP contribution in [0.4, 0.5) is 5.69 Å². The van der Waals surface area contributed by atoms with Gasteiger partial charge in [-0.3, -0.25) is 0 Å². The molecule has 0 bridgehead atoms. The van der Waals surface area contributed by atoms with Crippen LogP contribution >= 0.6 is 0 Å². The smallest absolute Gasteiger partial charge is 0.0405 e. The largest absolute Gasteiger partial charge is 0.349 e. The lowest BCUT2D eigenvalue weighted by molar-refractivity contribution is 1.10. The summed E-state index contributed by atoms with van der Waals surface area (Å²) in [6, 6.07) is 8.41. The molecule has 0 aliphatic carbocycles. The summed E-state index contributed by atoms with van der Waals surface area (Å²) in [5.41, 5.74) is 3.53. The normalized spacial score (nSPS) is 9.58. The zero-order valence-electron chi connectivity index (χ0n) is 7.96. The Balaban J connectivity index is 2.89. The van der Waals surface area contributed by atoms with Gasteiger partial charge in [-0.2, -0.15) is 0 Å². The third-order valence-corrected chi connectivity index (χ3v) is 1.99. The lowest BCUT2D eigenvalue weighted by Gasteiger charge is -2.18. The van der Waals surface area contributed by atoms with Gasteiger partial charge in [0.05, 0.1) is 0 Å². The summed E-state index contributed by atoms with van der Waals surface area (Å²) < 4.78 is 0. The molecule has 1 aromatic rings. The third kappa shape index (κ3) is 1.88. The fourth-order valence-corrected chi connectivity index (χ4v) is 0.989. The molecule has 1 aromatic carbocycles. The van der Waals surface area contributed by atoms with Crippen LogP contribution in [-0.4, -0.2) is 7.05 Å². The number of hydrogen-bond acceptors (Lipinski definition) is 1. The lowest BCUT2D eigenvalue weighted by Crippen LogP contribution is -2.12. The molecule has 64 valence electrons. The van der Waals surface area contributed by atoms with Gasteiger partial charge in [-0.05, 0) is 26.0 Å². The van der Waals surface area contributed by atoms with E-state index in [1.54, 1.807) is 0 Å². The number of aryl methyl sites for hydroxylation is 1. The lowest BCUT2D eigenvalue weighted by atomic mass is 10.2. The van der Waals surface area contributed by atoms with E-state index in [4.69, 9.17) is 0 Å². The molecule has 1 rings (SSSR count). The average molecular weight is 161 g/mol. The predicted octanol–water partition coefficient (Wildman–Crippen LogP) is 2.96. The Morgan fingerprint density at radius 3 is 2.17 bits per heavy atom. The maximum absolute atomic E-state index is 3.88. The molecule has 1 heteroatoms. The van der Waals surface area contributed by atoms with Crippen molar-refractivity contribution >= 4 is 5.69 Å². The fourth-order valence-electron chi connectivity index (χ4n) is 0.989. The van der Waals surface area contributed by atoms with Crippen LogP contribution in [0.15, 0.2) is 36.5 Å². The first-order valence-corrected chi connectivity index (χ1v) is 4.07. The third-order valence-electron chi connectivity index (χ3n) is 1.99. The molecule has 0 fully saturated rings. The molecule has 0 spiro atoms. The van der Waals surface area contributed by atoms with E-state index in [0.29, 0.717) is 0 Å². The molecule has 1 nitrogen and oxygen atoms in total. The van der Waals surface area contributed by atoms with Gasteiger partial charge in [-0.1, -0.05) is 24.3 Å². The van der Waals surface area contributed by atoms with Gasteiger partial charge in [-0.25, -0.2) is 0 Å². The maximum atomic E-state index is 3.88. The summed E-state index contributed by atoms with van der Waals surface area (Å²) in [5.74, 6) is 0. The van der Waals surface area contributed by atoms with Gasteiger partial charge >= 0.3 is 0 Å². The highest BCUT2D eigenvalue weighted by atomic mass is 15.1. The van der Waals surface area contributed by atoms with Crippen molar-refractivity contribution in [3.8, 4) is 0 Å². The van der Waals surface area contributed by atoms with Crippen LogP contribution in [-0.2, 0) is 0 Å². The number of benzene rings is 1. The van der Waals surface area contributed by atoms with Crippen molar-refractivity contribution in [2.75, 3.05) is 11.9 Å². The van der Waals surface area contributed by atoms with E-state index in [2.05, 4.69) is 42.7 Å². The van der Waals surface area contributed by atoms with E-state index in [-0.39, 0.29) is 0 Å². The first-order chi connectivity index (χ1) is 5.61. The van der Waals surface area contributed by atoms with Crippen LogP contribution in [0.3, 0.4) is 0 Å². The van der Waals surface area contributed by atoms with Crippen LogP contribution in [0.2, 0.25) is 0 Å². The number of anilines is 1. The molecule has 0 amide bonds. The number of nitrogens with zero attached hydrogens (tertiary/aromatic N) is 1. The van der Waals surface area contributed by atoms with Crippen molar-refractivity contribution in [3.05, 3.63) is 42.1 Å². The fraction of sp³-hybridized carbons (Fsp3) is 0.273. The minimum absolute atomic E-state index is 1.05. The Kier molecular flexibility index (Phi) is 2.54.